The van der Waals surface area contributed by atoms with Crippen molar-refractivity contribution in [3.8, 4) is 5.75 Å². The van der Waals surface area contributed by atoms with Crippen molar-refractivity contribution in [2.75, 3.05) is 10.6 Å². The van der Waals surface area contributed by atoms with Gasteiger partial charge in [-0.15, -0.1) is 0 Å². The lowest BCUT2D eigenvalue weighted by Crippen LogP contribution is -2.34. The summed E-state index contributed by atoms with van der Waals surface area (Å²) in [6, 6.07) is 13.7. The molecule has 0 saturated heterocycles. The molecule has 0 fully saturated rings. The summed E-state index contributed by atoms with van der Waals surface area (Å²) in [5.41, 5.74) is 2.80. The van der Waals surface area contributed by atoms with Gasteiger partial charge < -0.3 is 15.4 Å². The number of anilines is 2. The first-order valence-corrected chi connectivity index (χ1v) is 8.08. The van der Waals surface area contributed by atoms with Gasteiger partial charge in [-0.1, -0.05) is 30.7 Å². The van der Waals surface area contributed by atoms with Crippen LogP contribution in [0.15, 0.2) is 42.5 Å². The van der Waals surface area contributed by atoms with Crippen molar-refractivity contribution in [2.24, 2.45) is 0 Å². The van der Waals surface area contributed by atoms with Crippen LogP contribution in [0.3, 0.4) is 0 Å². The summed E-state index contributed by atoms with van der Waals surface area (Å²) in [6.07, 6.45) is 0.470. The zero-order valence-corrected chi connectivity index (χ0v) is 13.9. The maximum absolute atomic E-state index is 11.7. The number of carbonyl (C=O) groups excluding carboxylic acids is 1. The third-order valence-corrected chi connectivity index (χ3v) is 4.18. The molecule has 4 nitrogen and oxygen atoms in total. The molecule has 2 aromatic rings. The van der Waals surface area contributed by atoms with Crippen molar-refractivity contribution in [3.05, 3.63) is 53.1 Å². The molecule has 1 heterocycles. The Labute approximate surface area is 140 Å². The molecule has 0 bridgehead atoms. The van der Waals surface area contributed by atoms with E-state index in [2.05, 4.69) is 17.6 Å². The summed E-state index contributed by atoms with van der Waals surface area (Å²) < 4.78 is 5.57. The van der Waals surface area contributed by atoms with Crippen molar-refractivity contribution in [3.63, 3.8) is 0 Å². The van der Waals surface area contributed by atoms with Crippen molar-refractivity contribution in [1.82, 2.24) is 0 Å². The van der Waals surface area contributed by atoms with Gasteiger partial charge in [-0.3, -0.25) is 4.79 Å². The van der Waals surface area contributed by atoms with Gasteiger partial charge in [0.2, 0.25) is 0 Å². The number of nitrogens with one attached hydrogen (secondary N) is 2. The van der Waals surface area contributed by atoms with E-state index in [0.717, 1.165) is 17.1 Å². The minimum absolute atomic E-state index is 0.126. The number of benzene rings is 2. The molecule has 23 heavy (non-hydrogen) atoms. The Bertz CT molecular complexity index is 715. The van der Waals surface area contributed by atoms with Gasteiger partial charge >= 0.3 is 0 Å². The summed E-state index contributed by atoms with van der Waals surface area (Å²) >= 11 is 5.95. The molecule has 5 heteroatoms. The zero-order chi connectivity index (χ0) is 16.4. The first kappa shape index (κ1) is 15.7. The fraction of sp³-hybridized carbons (Fsp3) is 0.278. The maximum Gasteiger partial charge on any atom is 0.265 e. The fourth-order valence-electron chi connectivity index (χ4n) is 2.62. The Hall–Kier alpha value is -2.20. The number of fused-ring (bicyclic) bond motifs is 1. The first-order chi connectivity index (χ1) is 11.1. The largest absolute Gasteiger partial charge is 0.479 e. The summed E-state index contributed by atoms with van der Waals surface area (Å²) in [4.78, 5) is 11.7. The van der Waals surface area contributed by atoms with Crippen LogP contribution in [0.1, 0.15) is 31.9 Å². The zero-order valence-electron chi connectivity index (χ0n) is 13.1. The lowest BCUT2D eigenvalue weighted by atomic mass is 10.0. The van der Waals surface area contributed by atoms with Crippen molar-refractivity contribution >= 4 is 28.9 Å². The number of ether oxygens (including phenoxy) is 1. The molecule has 1 amide bonds. The van der Waals surface area contributed by atoms with Crippen molar-refractivity contribution in [1.29, 1.82) is 0 Å². The molecular weight excluding hydrogens is 312 g/mol. The number of halogens is 1. The van der Waals surface area contributed by atoms with Gasteiger partial charge in [0.25, 0.3) is 5.91 Å². The molecule has 0 spiro atoms. The van der Waals surface area contributed by atoms with E-state index in [1.54, 1.807) is 6.92 Å². The molecule has 1 aliphatic rings. The summed E-state index contributed by atoms with van der Waals surface area (Å²) in [7, 11) is 0. The molecule has 0 radical (unpaired) electrons. The molecule has 0 aromatic heterocycles. The summed E-state index contributed by atoms with van der Waals surface area (Å²) in [5, 5.41) is 7.09. The fourth-order valence-corrected chi connectivity index (χ4v) is 2.74. The van der Waals surface area contributed by atoms with E-state index >= 15 is 0 Å². The highest BCUT2D eigenvalue weighted by molar-refractivity contribution is 6.30. The molecule has 2 aromatic carbocycles. The van der Waals surface area contributed by atoms with Gasteiger partial charge in [-0.25, -0.2) is 0 Å². The average molecular weight is 331 g/mol. The predicted molar refractivity (Wildman–Crippen MR) is 93.3 cm³/mol. The van der Waals surface area contributed by atoms with Crippen molar-refractivity contribution in [2.45, 2.75) is 32.4 Å². The molecule has 0 aliphatic carbocycles. The minimum atomic E-state index is -0.459. The highest BCUT2D eigenvalue weighted by atomic mass is 35.5. The molecular formula is C18H19ClN2O2. The van der Waals surface area contributed by atoms with Gasteiger partial charge in [0, 0.05) is 10.7 Å². The Kier molecular flexibility index (Phi) is 4.44. The summed E-state index contributed by atoms with van der Waals surface area (Å²) in [5.74, 6) is 0.571. The summed E-state index contributed by atoms with van der Waals surface area (Å²) in [6.45, 7) is 3.86. The third kappa shape index (κ3) is 3.42. The predicted octanol–water partition coefficient (Wildman–Crippen LogP) is 4.62. The smallest absolute Gasteiger partial charge is 0.265 e. The average Bonchev–Trinajstić information content (AvgIpc) is 2.55. The van der Waals surface area contributed by atoms with Crippen LogP contribution < -0.4 is 15.4 Å². The normalized spacial score (nSPS) is 17.7. The lowest BCUT2D eigenvalue weighted by Gasteiger charge is -2.25. The molecule has 120 valence electrons. The Morgan fingerprint density at radius 3 is 2.70 bits per heavy atom. The second kappa shape index (κ2) is 6.50. The first-order valence-electron chi connectivity index (χ1n) is 7.70. The highest BCUT2D eigenvalue weighted by Gasteiger charge is 2.23. The van der Waals surface area contributed by atoms with Crippen LogP contribution >= 0.6 is 11.6 Å². The van der Waals surface area contributed by atoms with Crippen LogP contribution in [-0.2, 0) is 4.79 Å². The van der Waals surface area contributed by atoms with Gasteiger partial charge in [-0.2, -0.15) is 0 Å². The molecule has 3 rings (SSSR count). The standard InChI is InChI=1S/C18H19ClN2O2/c1-3-15(12-4-6-13(19)7-5-12)20-14-8-9-17-16(10-14)21-18(22)11(2)23-17/h4-11,15,20H,3H2,1-2H3,(H,21,22)/t11-,15+/m0/s1. The Morgan fingerprint density at radius 2 is 2.00 bits per heavy atom. The van der Waals surface area contributed by atoms with Crippen LogP contribution in [0.2, 0.25) is 5.02 Å². The Morgan fingerprint density at radius 1 is 1.26 bits per heavy atom. The van der Waals surface area contributed by atoms with Gasteiger partial charge in [0.05, 0.1) is 11.7 Å². The lowest BCUT2D eigenvalue weighted by molar-refractivity contribution is -0.122. The van der Waals surface area contributed by atoms with Crippen LogP contribution in [0.4, 0.5) is 11.4 Å². The van der Waals surface area contributed by atoms with E-state index in [0.29, 0.717) is 11.4 Å². The maximum atomic E-state index is 11.7. The van der Waals surface area contributed by atoms with Crippen LogP contribution in [0, 0.1) is 0 Å². The van der Waals surface area contributed by atoms with Crippen LogP contribution in [0.5, 0.6) is 5.75 Å². The van der Waals surface area contributed by atoms with Gasteiger partial charge in [-0.05, 0) is 49.2 Å². The number of hydrogen-bond acceptors (Lipinski definition) is 3. The van der Waals surface area contributed by atoms with Crippen LogP contribution in [0.25, 0.3) is 0 Å². The van der Waals surface area contributed by atoms with E-state index in [1.165, 1.54) is 5.56 Å². The van der Waals surface area contributed by atoms with E-state index in [1.807, 2.05) is 42.5 Å². The van der Waals surface area contributed by atoms with E-state index in [9.17, 15) is 4.79 Å². The second-order valence-corrected chi connectivity index (χ2v) is 6.05. The number of hydrogen-bond donors (Lipinski definition) is 2. The van der Waals surface area contributed by atoms with Gasteiger partial charge in [0.1, 0.15) is 5.75 Å². The SMILES string of the molecule is CC[C@@H](Nc1ccc2c(c1)NC(=O)[C@H](C)O2)c1ccc(Cl)cc1. The van der Waals surface area contributed by atoms with E-state index in [-0.39, 0.29) is 11.9 Å². The van der Waals surface area contributed by atoms with Crippen LogP contribution in [-0.4, -0.2) is 12.0 Å². The number of carbonyl (C=O) groups is 1. The third-order valence-electron chi connectivity index (χ3n) is 3.93. The topological polar surface area (TPSA) is 50.4 Å². The monoisotopic (exact) mass is 330 g/mol. The number of amides is 1. The molecule has 1 aliphatic heterocycles. The molecule has 2 atom stereocenters. The Balaban J connectivity index is 1.80. The number of rotatable bonds is 4. The molecule has 0 unspecified atom stereocenters. The van der Waals surface area contributed by atoms with Gasteiger partial charge in [0.15, 0.2) is 6.10 Å². The van der Waals surface area contributed by atoms with E-state index < -0.39 is 6.10 Å². The molecule has 0 saturated carbocycles. The van der Waals surface area contributed by atoms with Crippen molar-refractivity contribution < 1.29 is 9.53 Å². The second-order valence-electron chi connectivity index (χ2n) is 5.62. The molecule has 2 N–H and O–H groups in total. The highest BCUT2D eigenvalue weighted by Crippen LogP contribution is 2.33. The quantitative estimate of drug-likeness (QED) is 0.859. The van der Waals surface area contributed by atoms with E-state index in [4.69, 9.17) is 16.3 Å². The minimum Gasteiger partial charge on any atom is -0.479 e.